The lowest BCUT2D eigenvalue weighted by Crippen LogP contribution is -2.58. The van der Waals surface area contributed by atoms with Crippen LogP contribution < -0.4 is 0 Å². The molecule has 0 radical (unpaired) electrons. The largest absolute Gasteiger partial charge is 0.299 e. The molecule has 3 rings (SSSR count). The van der Waals surface area contributed by atoms with E-state index in [1.165, 1.54) is 11.8 Å². The maximum atomic E-state index is 12.2. The lowest BCUT2D eigenvalue weighted by atomic mass is 9.69. The van der Waals surface area contributed by atoms with E-state index in [2.05, 4.69) is 30.0 Å². The van der Waals surface area contributed by atoms with Gasteiger partial charge in [-0.1, -0.05) is 0 Å². The Morgan fingerprint density at radius 1 is 1.17 bits per heavy atom. The number of rotatable bonds is 3. The van der Waals surface area contributed by atoms with Crippen LogP contribution in [0.3, 0.4) is 0 Å². The Bertz CT molecular complexity index is 687. The molecule has 0 saturated carbocycles. The molecule has 0 atom stereocenters. The number of hydrogen-bond donors (Lipinski definition) is 0. The molecule has 24 heavy (non-hydrogen) atoms. The summed E-state index contributed by atoms with van der Waals surface area (Å²) in [7, 11) is -1.22. The first kappa shape index (κ1) is 17.9. The van der Waals surface area contributed by atoms with Crippen molar-refractivity contribution in [1.82, 2.24) is 19.0 Å². The third kappa shape index (κ3) is 3.68. The predicted octanol–water partition coefficient (Wildman–Crippen LogP) is 1.84. The smallest absolute Gasteiger partial charge is 0.211 e. The minimum Gasteiger partial charge on any atom is -0.299 e. The zero-order valence-corrected chi connectivity index (χ0v) is 16.1. The van der Waals surface area contributed by atoms with Crippen molar-refractivity contribution in [1.29, 1.82) is 0 Å². The summed E-state index contributed by atoms with van der Waals surface area (Å²) in [5.41, 5.74) is 1.14. The zero-order valence-electron chi connectivity index (χ0n) is 15.3. The Morgan fingerprint density at radius 3 is 2.38 bits per heavy atom. The summed E-state index contributed by atoms with van der Waals surface area (Å²) in [6.45, 7) is 7.79. The summed E-state index contributed by atoms with van der Waals surface area (Å²) in [6, 6.07) is 0. The van der Waals surface area contributed by atoms with Gasteiger partial charge in [0.25, 0.3) is 0 Å². The molecule has 2 aliphatic heterocycles. The van der Waals surface area contributed by atoms with Crippen LogP contribution in [0.4, 0.5) is 0 Å². The summed E-state index contributed by atoms with van der Waals surface area (Å²) in [5, 5.41) is 4.24. The van der Waals surface area contributed by atoms with Crippen LogP contribution in [0.2, 0.25) is 0 Å². The fourth-order valence-corrected chi connectivity index (χ4v) is 5.76. The number of piperidine rings is 2. The van der Waals surface area contributed by atoms with Gasteiger partial charge in [0.1, 0.15) is 0 Å². The molecule has 3 heterocycles. The third-order valence-corrected chi connectivity index (χ3v) is 7.33. The van der Waals surface area contributed by atoms with Gasteiger partial charge >= 0.3 is 0 Å². The lowest BCUT2D eigenvalue weighted by molar-refractivity contribution is 0.00535. The van der Waals surface area contributed by atoms with Crippen LogP contribution in [0, 0.1) is 5.41 Å². The minimum absolute atomic E-state index is 0.157. The molecule has 0 aliphatic carbocycles. The van der Waals surface area contributed by atoms with Crippen molar-refractivity contribution in [3.8, 4) is 0 Å². The Labute approximate surface area is 145 Å². The Kier molecular flexibility index (Phi) is 4.55. The third-order valence-electron chi connectivity index (χ3n) is 5.90. The molecule has 0 unspecified atom stereocenters. The zero-order chi connectivity index (χ0) is 17.6. The molecule has 0 amide bonds. The number of aryl methyl sites for hydroxylation is 1. The van der Waals surface area contributed by atoms with Crippen LogP contribution in [0.25, 0.3) is 0 Å². The fraction of sp³-hybridized carbons (Fsp3) is 0.824. The van der Waals surface area contributed by atoms with Gasteiger partial charge in [0.2, 0.25) is 10.0 Å². The molecule has 0 N–H and O–H groups in total. The molecule has 0 aromatic carbocycles. The van der Waals surface area contributed by atoms with Crippen LogP contribution in [-0.2, 0) is 23.6 Å². The van der Waals surface area contributed by atoms with E-state index in [9.17, 15) is 8.42 Å². The molecule has 7 heteroatoms. The van der Waals surface area contributed by atoms with Gasteiger partial charge in [0.05, 0.1) is 12.5 Å². The van der Waals surface area contributed by atoms with Crippen LogP contribution in [-0.4, -0.2) is 58.8 Å². The molecular weight excluding hydrogens is 324 g/mol. The van der Waals surface area contributed by atoms with Gasteiger partial charge in [0.15, 0.2) is 0 Å². The van der Waals surface area contributed by atoms with Crippen molar-refractivity contribution in [2.75, 3.05) is 25.9 Å². The van der Waals surface area contributed by atoms with E-state index in [0.29, 0.717) is 6.54 Å². The van der Waals surface area contributed by atoms with Gasteiger partial charge in [-0.25, -0.2) is 8.42 Å². The highest BCUT2D eigenvalue weighted by Crippen LogP contribution is 2.45. The first-order valence-electron chi connectivity index (χ1n) is 8.77. The minimum atomic E-state index is -3.16. The van der Waals surface area contributed by atoms with Crippen molar-refractivity contribution < 1.29 is 8.42 Å². The number of aromatic nitrogens is 2. The van der Waals surface area contributed by atoms with E-state index in [-0.39, 0.29) is 11.0 Å². The normalized spacial score (nSPS) is 25.2. The van der Waals surface area contributed by atoms with Crippen molar-refractivity contribution in [2.24, 2.45) is 12.5 Å². The van der Waals surface area contributed by atoms with E-state index < -0.39 is 10.0 Å². The molecular formula is C17H30N4O2S. The molecule has 1 spiro atoms. The topological polar surface area (TPSA) is 58.4 Å². The maximum absolute atomic E-state index is 12.2. The van der Waals surface area contributed by atoms with E-state index in [4.69, 9.17) is 0 Å². The van der Waals surface area contributed by atoms with Crippen molar-refractivity contribution in [3.05, 3.63) is 18.0 Å². The average Bonchev–Trinajstić information content (AvgIpc) is 2.89. The molecule has 2 saturated heterocycles. The molecule has 2 aliphatic rings. The number of hydrogen-bond acceptors (Lipinski definition) is 4. The van der Waals surface area contributed by atoms with Gasteiger partial charge in [-0.3, -0.25) is 9.58 Å². The van der Waals surface area contributed by atoms with Crippen molar-refractivity contribution >= 4 is 10.0 Å². The molecule has 2 fully saturated rings. The van der Waals surface area contributed by atoms with Crippen molar-refractivity contribution in [2.45, 2.75) is 51.6 Å². The summed E-state index contributed by atoms with van der Waals surface area (Å²) in [5.74, 6) is 0. The van der Waals surface area contributed by atoms with E-state index in [0.717, 1.165) is 45.3 Å². The van der Waals surface area contributed by atoms with E-state index >= 15 is 0 Å². The van der Waals surface area contributed by atoms with Crippen LogP contribution >= 0.6 is 0 Å². The first-order valence-corrected chi connectivity index (χ1v) is 10.6. The van der Waals surface area contributed by atoms with Crippen LogP contribution in [0.1, 0.15) is 45.1 Å². The summed E-state index contributed by atoms with van der Waals surface area (Å²) in [4.78, 5) is 2.47. The Morgan fingerprint density at radius 2 is 1.83 bits per heavy atom. The monoisotopic (exact) mass is 354 g/mol. The average molecular weight is 355 g/mol. The van der Waals surface area contributed by atoms with E-state index in [1.807, 2.05) is 17.9 Å². The molecule has 136 valence electrons. The van der Waals surface area contributed by atoms with Gasteiger partial charge in [0, 0.05) is 37.4 Å². The fourth-order valence-electron chi connectivity index (χ4n) is 4.26. The number of nitrogens with zero attached hydrogens (tertiary/aromatic N) is 4. The summed E-state index contributed by atoms with van der Waals surface area (Å²) < 4.78 is 28.1. The standard InChI is InChI=1S/C17H30N4O2S/c1-16(2)5-6-17(14-21(16)24(4,22)23)7-9-20(10-8-17)13-15-11-18-19(3)12-15/h11-12H,5-10,13-14H2,1-4H3. The van der Waals surface area contributed by atoms with Gasteiger partial charge < -0.3 is 0 Å². The van der Waals surface area contributed by atoms with E-state index in [1.54, 1.807) is 4.31 Å². The second-order valence-electron chi connectivity index (χ2n) is 8.38. The van der Waals surface area contributed by atoms with Crippen molar-refractivity contribution in [3.63, 3.8) is 0 Å². The quantitative estimate of drug-likeness (QED) is 0.831. The van der Waals surface area contributed by atoms with Gasteiger partial charge in [-0.15, -0.1) is 0 Å². The number of sulfonamides is 1. The molecule has 6 nitrogen and oxygen atoms in total. The first-order chi connectivity index (χ1) is 11.1. The second-order valence-corrected chi connectivity index (χ2v) is 10.3. The van der Waals surface area contributed by atoms with Crippen LogP contribution in [0.5, 0.6) is 0 Å². The molecule has 1 aromatic heterocycles. The van der Waals surface area contributed by atoms with Gasteiger partial charge in [-0.05, 0) is 58.0 Å². The van der Waals surface area contributed by atoms with Crippen LogP contribution in [0.15, 0.2) is 12.4 Å². The molecule has 0 bridgehead atoms. The predicted molar refractivity (Wildman–Crippen MR) is 95.0 cm³/mol. The SMILES string of the molecule is Cn1cc(CN2CCC3(CC2)CCC(C)(C)N(S(C)(=O)=O)C3)cn1. The van der Waals surface area contributed by atoms with Gasteiger partial charge in [-0.2, -0.15) is 9.40 Å². The Balaban J connectivity index is 1.64. The highest BCUT2D eigenvalue weighted by atomic mass is 32.2. The molecule has 1 aromatic rings. The summed E-state index contributed by atoms with van der Waals surface area (Å²) in [6.07, 6.45) is 9.59. The maximum Gasteiger partial charge on any atom is 0.211 e. The Hall–Kier alpha value is -0.920. The lowest BCUT2D eigenvalue weighted by Gasteiger charge is -2.52. The summed E-state index contributed by atoms with van der Waals surface area (Å²) >= 11 is 0. The number of likely N-dealkylation sites (tertiary alicyclic amines) is 1. The highest BCUT2D eigenvalue weighted by Gasteiger charge is 2.47. The highest BCUT2D eigenvalue weighted by molar-refractivity contribution is 7.88. The second kappa shape index (κ2) is 6.11.